The van der Waals surface area contributed by atoms with E-state index < -0.39 is 18.4 Å². The van der Waals surface area contributed by atoms with Gasteiger partial charge >= 0.3 is 5.97 Å². The molecule has 0 spiro atoms. The molecule has 212 valence electrons. The number of hydrogen-bond acceptors (Lipinski definition) is 8. The number of rotatable bonds is 10. The van der Waals surface area contributed by atoms with Crippen molar-refractivity contribution in [3.8, 4) is 5.75 Å². The van der Waals surface area contributed by atoms with Crippen molar-refractivity contribution < 1.29 is 34.0 Å². The summed E-state index contributed by atoms with van der Waals surface area (Å²) in [6.45, 7) is 5.19. The number of ether oxygens (including phenoxy) is 3. The van der Waals surface area contributed by atoms with Crippen molar-refractivity contribution in [2.24, 2.45) is 5.92 Å². The first-order valence-electron chi connectivity index (χ1n) is 13.2. The molecule has 1 aliphatic rings. The summed E-state index contributed by atoms with van der Waals surface area (Å²) in [4.78, 5) is 24.3. The molecule has 40 heavy (non-hydrogen) atoms. The number of aliphatic hydroxyl groups is 1. The maximum absolute atomic E-state index is 12.2. The number of carbonyl (C=O) groups excluding carboxylic acids is 2. The van der Waals surface area contributed by atoms with Gasteiger partial charge in [-0.2, -0.15) is 0 Å². The van der Waals surface area contributed by atoms with Crippen LogP contribution >= 0.6 is 11.8 Å². The number of phenolic OH excluding ortho intramolecular Hbond substituents is 1. The first-order valence-corrected chi connectivity index (χ1v) is 14.2. The Balaban J connectivity index is 1.47. The minimum Gasteiger partial charge on any atom is -0.508 e. The van der Waals surface area contributed by atoms with Crippen LogP contribution < -0.4 is 5.32 Å². The van der Waals surface area contributed by atoms with Crippen LogP contribution in [0.15, 0.2) is 77.7 Å². The van der Waals surface area contributed by atoms with E-state index >= 15 is 0 Å². The van der Waals surface area contributed by atoms with E-state index in [1.54, 1.807) is 23.9 Å². The van der Waals surface area contributed by atoms with Crippen LogP contribution in [-0.2, 0) is 37.0 Å². The van der Waals surface area contributed by atoms with Gasteiger partial charge in [-0.05, 0) is 47.9 Å². The maximum Gasteiger partial charge on any atom is 0.303 e. The predicted octanol–water partition coefficient (Wildman–Crippen LogP) is 5.04. The quantitative estimate of drug-likeness (QED) is 0.232. The number of phenols is 1. The molecule has 5 atom stereocenters. The van der Waals surface area contributed by atoms with E-state index in [2.05, 4.69) is 12.2 Å². The smallest absolute Gasteiger partial charge is 0.303 e. The zero-order valence-corrected chi connectivity index (χ0v) is 23.6. The molecule has 0 bridgehead atoms. The van der Waals surface area contributed by atoms with Gasteiger partial charge in [0.2, 0.25) is 0 Å². The van der Waals surface area contributed by atoms with Gasteiger partial charge < -0.3 is 29.7 Å². The van der Waals surface area contributed by atoms with Crippen molar-refractivity contribution >= 4 is 23.6 Å². The fourth-order valence-corrected chi connectivity index (χ4v) is 5.53. The lowest BCUT2D eigenvalue weighted by atomic mass is 9.91. The number of aromatic hydroxyl groups is 1. The fourth-order valence-electron chi connectivity index (χ4n) is 4.46. The van der Waals surface area contributed by atoms with Gasteiger partial charge in [0, 0.05) is 35.6 Å². The summed E-state index contributed by atoms with van der Waals surface area (Å²) in [5.41, 5.74) is 3.59. The molecule has 0 radical (unpaired) electrons. The summed E-state index contributed by atoms with van der Waals surface area (Å²) in [6, 6.07) is 22.6. The molecule has 1 amide bonds. The highest BCUT2D eigenvalue weighted by molar-refractivity contribution is 7.99. The summed E-state index contributed by atoms with van der Waals surface area (Å²) < 4.78 is 17.9. The Morgan fingerprint density at radius 3 is 2.20 bits per heavy atom. The molecule has 1 unspecified atom stereocenters. The number of nitrogens with one attached hydrogen (secondary N) is 1. The number of esters is 1. The van der Waals surface area contributed by atoms with Gasteiger partial charge in [0.15, 0.2) is 12.4 Å². The molecular weight excluding hydrogens is 530 g/mol. The van der Waals surface area contributed by atoms with Crippen LogP contribution in [0, 0.1) is 5.92 Å². The third-order valence-electron chi connectivity index (χ3n) is 6.80. The van der Waals surface area contributed by atoms with Crippen molar-refractivity contribution in [3.05, 3.63) is 95.1 Å². The minimum atomic E-state index is -0.859. The Bertz CT molecular complexity index is 1260. The molecule has 3 N–H and O–H groups in total. The highest BCUT2D eigenvalue weighted by atomic mass is 32.2. The third kappa shape index (κ3) is 7.85. The molecule has 3 aromatic rings. The van der Waals surface area contributed by atoms with Gasteiger partial charge in [-0.25, -0.2) is 0 Å². The molecule has 1 heterocycles. The van der Waals surface area contributed by atoms with Crippen LogP contribution in [0.4, 0.5) is 0 Å². The molecule has 8 nitrogen and oxygen atoms in total. The van der Waals surface area contributed by atoms with Gasteiger partial charge in [0.1, 0.15) is 5.75 Å². The zero-order valence-electron chi connectivity index (χ0n) is 22.8. The van der Waals surface area contributed by atoms with Crippen LogP contribution in [0.25, 0.3) is 0 Å². The Hall–Kier alpha value is -3.37. The lowest BCUT2D eigenvalue weighted by Gasteiger charge is -2.41. The summed E-state index contributed by atoms with van der Waals surface area (Å²) >= 11 is 1.66. The van der Waals surface area contributed by atoms with Crippen LogP contribution in [0.2, 0.25) is 0 Å². The summed E-state index contributed by atoms with van der Waals surface area (Å²) in [5, 5.41) is 21.8. The average Bonchev–Trinajstić information content (AvgIpc) is 2.96. The lowest BCUT2D eigenvalue weighted by Crippen LogP contribution is -2.38. The van der Waals surface area contributed by atoms with Gasteiger partial charge in [0.25, 0.3) is 5.91 Å². The SMILES string of the molecule is CC(=O)O[C@@H](C)C(=O)NCc1ccc(C2O[C@H](CSc3ccc(O)cc3)[C@H](C)[C@H](c3ccc(CO)cc3)O2)cc1. The fraction of sp³-hybridized carbons (Fsp3) is 0.355. The first-order chi connectivity index (χ1) is 19.2. The lowest BCUT2D eigenvalue weighted by molar-refractivity contribution is -0.268. The van der Waals surface area contributed by atoms with Crippen LogP contribution in [0.5, 0.6) is 5.75 Å². The molecule has 0 aromatic heterocycles. The zero-order chi connectivity index (χ0) is 28.6. The van der Waals surface area contributed by atoms with E-state index in [-0.39, 0.29) is 36.4 Å². The van der Waals surface area contributed by atoms with Crippen LogP contribution in [0.1, 0.15) is 55.4 Å². The molecule has 1 aliphatic heterocycles. The number of benzene rings is 3. The van der Waals surface area contributed by atoms with Gasteiger partial charge in [-0.3, -0.25) is 9.59 Å². The molecule has 4 rings (SSSR count). The van der Waals surface area contributed by atoms with E-state index in [1.165, 1.54) is 13.8 Å². The molecule has 1 fully saturated rings. The molecule has 0 aliphatic carbocycles. The Kier molecular flexibility index (Phi) is 10.2. The molecule has 9 heteroatoms. The standard InChI is InChI=1S/C31H35NO7S/c1-19-28(18-40-27-14-12-26(35)13-15-27)38-31(39-29(19)24-8-6-23(17-33)7-9-24)25-10-4-22(5-11-25)16-32-30(36)20(2)37-21(3)34/h4-15,19-20,28-29,31,33,35H,16-18H2,1-3H3,(H,32,36)/t19-,20-,28+,29+,31?/m0/s1. The molecule has 1 saturated heterocycles. The van der Waals surface area contributed by atoms with E-state index in [1.807, 2.05) is 60.7 Å². The van der Waals surface area contributed by atoms with Crippen molar-refractivity contribution in [1.82, 2.24) is 5.32 Å². The normalized spacial score (nSPS) is 21.4. The minimum absolute atomic E-state index is 0.0194. The van der Waals surface area contributed by atoms with Gasteiger partial charge in [-0.1, -0.05) is 55.5 Å². The van der Waals surface area contributed by atoms with Crippen LogP contribution in [0.3, 0.4) is 0 Å². The number of aliphatic hydroxyl groups excluding tert-OH is 1. The van der Waals surface area contributed by atoms with Gasteiger partial charge in [0.05, 0.1) is 18.8 Å². The Labute approximate surface area is 238 Å². The second-order valence-electron chi connectivity index (χ2n) is 9.84. The first kappa shape index (κ1) is 29.6. The predicted molar refractivity (Wildman–Crippen MR) is 151 cm³/mol. The molecule has 3 aromatic carbocycles. The summed E-state index contributed by atoms with van der Waals surface area (Å²) in [7, 11) is 0. The molecule has 0 saturated carbocycles. The van der Waals surface area contributed by atoms with Gasteiger partial charge in [-0.15, -0.1) is 11.8 Å². The largest absolute Gasteiger partial charge is 0.508 e. The number of hydrogen-bond donors (Lipinski definition) is 3. The van der Waals surface area contributed by atoms with E-state index in [9.17, 15) is 19.8 Å². The van der Waals surface area contributed by atoms with E-state index in [0.29, 0.717) is 12.3 Å². The second kappa shape index (κ2) is 13.8. The number of amides is 1. The number of carbonyl (C=O) groups is 2. The van der Waals surface area contributed by atoms with Crippen molar-refractivity contribution in [2.75, 3.05) is 5.75 Å². The van der Waals surface area contributed by atoms with E-state index in [0.717, 1.165) is 27.1 Å². The Morgan fingerprint density at radius 2 is 1.57 bits per heavy atom. The summed E-state index contributed by atoms with van der Waals surface area (Å²) in [5.74, 6) is 0.109. The highest BCUT2D eigenvalue weighted by Crippen LogP contribution is 2.43. The molecular formula is C31H35NO7S. The average molecular weight is 566 g/mol. The topological polar surface area (TPSA) is 114 Å². The van der Waals surface area contributed by atoms with E-state index in [4.69, 9.17) is 14.2 Å². The Morgan fingerprint density at radius 1 is 0.950 bits per heavy atom. The highest BCUT2D eigenvalue weighted by Gasteiger charge is 2.38. The van der Waals surface area contributed by atoms with Crippen LogP contribution in [-0.4, -0.2) is 40.1 Å². The van der Waals surface area contributed by atoms with Crippen molar-refractivity contribution in [2.45, 2.75) is 63.4 Å². The van der Waals surface area contributed by atoms with Crippen molar-refractivity contribution in [1.29, 1.82) is 0 Å². The third-order valence-corrected chi connectivity index (χ3v) is 7.91. The second-order valence-corrected chi connectivity index (χ2v) is 10.9. The number of thioether (sulfide) groups is 1. The summed E-state index contributed by atoms with van der Waals surface area (Å²) in [6.07, 6.45) is -1.81. The van der Waals surface area contributed by atoms with Crippen molar-refractivity contribution in [3.63, 3.8) is 0 Å². The maximum atomic E-state index is 12.2. The monoisotopic (exact) mass is 565 g/mol.